The third-order valence-corrected chi connectivity index (χ3v) is 10.1. The van der Waals surface area contributed by atoms with Crippen LogP contribution in [0.4, 0.5) is 11.4 Å². The number of aromatic nitrogens is 2. The average Bonchev–Trinajstić information content (AvgIpc) is 3.45. The Morgan fingerprint density at radius 2 is 1.76 bits per heavy atom. The number of benzene rings is 3. The summed E-state index contributed by atoms with van der Waals surface area (Å²) < 4.78 is 41.1. The van der Waals surface area contributed by atoms with E-state index in [1.165, 1.54) is 28.6 Å². The van der Waals surface area contributed by atoms with Crippen molar-refractivity contribution in [3.05, 3.63) is 99.9 Å². The molecule has 2 aliphatic heterocycles. The first-order chi connectivity index (χ1) is 22.2. The highest BCUT2D eigenvalue weighted by atomic mass is 32.2. The van der Waals surface area contributed by atoms with Gasteiger partial charge in [-0.3, -0.25) is 15.0 Å². The van der Waals surface area contributed by atoms with Gasteiger partial charge in [0, 0.05) is 38.8 Å². The smallest absolute Gasteiger partial charge is 0.359 e. The maximum atomic E-state index is 13.4. The fourth-order valence-corrected chi connectivity index (χ4v) is 7.51. The standard InChI is InChI=1S/C32H34N6O7S/c1-3-44-32(39)31-30-29(34-37(31)23-11-13-24(14-12-23)45-25-8-6-7-22(2)21-25)27(15-16-33-30)35-17-19-36(20-18-35)46(42,43)28-10-5-4-9-26(28)38(40)41/h4-14,21,27,33H,3,15-20H2,1-2H3/t27-/m0/s1. The molecule has 13 nitrogen and oxygen atoms in total. The molecule has 1 atom stereocenters. The molecule has 0 spiro atoms. The summed E-state index contributed by atoms with van der Waals surface area (Å²) in [5, 5.41) is 19.8. The molecule has 1 N–H and O–H groups in total. The number of nitro benzene ring substituents is 1. The van der Waals surface area contributed by atoms with E-state index in [4.69, 9.17) is 14.6 Å². The SMILES string of the molecule is CCOC(=O)c1c2c(nn1-c1ccc(Oc3cccc(C)c3)cc1)[C@@H](N1CCN(S(=O)(=O)c3ccccc3[N+](=O)[O-])CC1)CCN2. The van der Waals surface area contributed by atoms with E-state index < -0.39 is 26.6 Å². The number of hydrogen-bond acceptors (Lipinski definition) is 10. The Bertz CT molecular complexity index is 1870. The summed E-state index contributed by atoms with van der Waals surface area (Å²) >= 11 is 0. The minimum absolute atomic E-state index is 0.154. The van der Waals surface area contributed by atoms with Crippen LogP contribution in [0.5, 0.6) is 11.5 Å². The minimum Gasteiger partial charge on any atom is -0.461 e. The van der Waals surface area contributed by atoms with Crippen LogP contribution in [0.3, 0.4) is 0 Å². The van der Waals surface area contributed by atoms with E-state index in [9.17, 15) is 23.3 Å². The molecule has 0 saturated carbocycles. The number of aryl methyl sites for hydroxylation is 1. The Hall–Kier alpha value is -4.79. The summed E-state index contributed by atoms with van der Waals surface area (Å²) in [6.07, 6.45) is 0.687. The number of para-hydroxylation sites is 1. The number of nitrogens with one attached hydrogen (secondary N) is 1. The maximum Gasteiger partial charge on any atom is 0.359 e. The summed E-state index contributed by atoms with van der Waals surface area (Å²) in [6, 6.07) is 20.2. The highest BCUT2D eigenvalue weighted by Gasteiger charge is 2.39. The van der Waals surface area contributed by atoms with E-state index in [2.05, 4.69) is 10.2 Å². The first-order valence-corrected chi connectivity index (χ1v) is 16.5. The van der Waals surface area contributed by atoms with E-state index >= 15 is 0 Å². The highest BCUT2D eigenvalue weighted by Crippen LogP contribution is 2.38. The van der Waals surface area contributed by atoms with E-state index in [0.29, 0.717) is 48.9 Å². The fraction of sp³-hybridized carbons (Fsp3) is 0.312. The molecule has 0 radical (unpaired) electrons. The average molecular weight is 647 g/mol. The lowest BCUT2D eigenvalue weighted by molar-refractivity contribution is -0.387. The molecule has 1 aromatic heterocycles. The fourth-order valence-electron chi connectivity index (χ4n) is 5.93. The Morgan fingerprint density at radius 3 is 2.46 bits per heavy atom. The van der Waals surface area contributed by atoms with Crippen molar-refractivity contribution in [1.82, 2.24) is 19.0 Å². The number of nitro groups is 1. The molecule has 0 unspecified atom stereocenters. The maximum absolute atomic E-state index is 13.4. The van der Waals surface area contributed by atoms with Gasteiger partial charge in [0.05, 0.1) is 28.9 Å². The number of esters is 1. The number of fused-ring (bicyclic) bond motifs is 1. The van der Waals surface area contributed by atoms with Crippen LogP contribution in [0.2, 0.25) is 0 Å². The molecule has 3 heterocycles. The summed E-state index contributed by atoms with van der Waals surface area (Å²) in [7, 11) is -4.07. The zero-order valence-corrected chi connectivity index (χ0v) is 26.3. The van der Waals surface area contributed by atoms with Crippen molar-refractivity contribution in [2.45, 2.75) is 31.2 Å². The molecule has 0 amide bonds. The summed E-state index contributed by atoms with van der Waals surface area (Å²) in [6.45, 7) is 5.59. The number of sulfonamides is 1. The lowest BCUT2D eigenvalue weighted by atomic mass is 10.0. The number of carbonyl (C=O) groups is 1. The van der Waals surface area contributed by atoms with Crippen LogP contribution in [0, 0.1) is 17.0 Å². The largest absolute Gasteiger partial charge is 0.461 e. The van der Waals surface area contributed by atoms with E-state index in [1.54, 1.807) is 11.6 Å². The summed E-state index contributed by atoms with van der Waals surface area (Å²) in [5.74, 6) is 0.843. The lowest BCUT2D eigenvalue weighted by Crippen LogP contribution is -2.50. The molecule has 0 aliphatic carbocycles. The van der Waals surface area contributed by atoms with Crippen molar-refractivity contribution < 1.29 is 27.6 Å². The topological polar surface area (TPSA) is 149 Å². The van der Waals surface area contributed by atoms with Gasteiger partial charge in [-0.25, -0.2) is 17.9 Å². The Balaban J connectivity index is 1.25. The van der Waals surface area contributed by atoms with Crippen LogP contribution in [-0.4, -0.2) is 77.6 Å². The van der Waals surface area contributed by atoms with Crippen LogP contribution >= 0.6 is 0 Å². The first-order valence-electron chi connectivity index (χ1n) is 15.0. The van der Waals surface area contributed by atoms with Gasteiger partial charge in [-0.2, -0.15) is 9.40 Å². The van der Waals surface area contributed by atoms with E-state index in [0.717, 1.165) is 11.3 Å². The zero-order chi connectivity index (χ0) is 32.4. The second-order valence-corrected chi connectivity index (χ2v) is 13.0. The van der Waals surface area contributed by atoms with Gasteiger partial charge in [-0.05, 0) is 68.3 Å². The van der Waals surface area contributed by atoms with Gasteiger partial charge in [-0.1, -0.05) is 24.3 Å². The normalized spacial score (nSPS) is 17.1. The van der Waals surface area contributed by atoms with Gasteiger partial charge in [0.15, 0.2) is 10.6 Å². The van der Waals surface area contributed by atoms with Crippen LogP contribution in [-0.2, 0) is 14.8 Å². The number of carbonyl (C=O) groups excluding carboxylic acids is 1. The van der Waals surface area contributed by atoms with Gasteiger partial charge in [0.2, 0.25) is 10.0 Å². The van der Waals surface area contributed by atoms with Gasteiger partial charge >= 0.3 is 5.97 Å². The van der Waals surface area contributed by atoms with Crippen molar-refractivity contribution >= 4 is 27.4 Å². The molecule has 1 fully saturated rings. The second-order valence-electron chi connectivity index (χ2n) is 11.0. The molecule has 0 bridgehead atoms. The van der Waals surface area contributed by atoms with Crippen LogP contribution in [0.1, 0.15) is 41.1 Å². The monoisotopic (exact) mass is 646 g/mol. The molecule has 3 aromatic carbocycles. The number of hydrogen-bond donors (Lipinski definition) is 1. The van der Waals surface area contributed by atoms with Gasteiger partial charge < -0.3 is 14.8 Å². The summed E-state index contributed by atoms with van der Waals surface area (Å²) in [4.78, 5) is 25.9. The molecular weight excluding hydrogens is 612 g/mol. The molecule has 1 saturated heterocycles. The molecule has 2 aliphatic rings. The van der Waals surface area contributed by atoms with Crippen LogP contribution in [0.25, 0.3) is 5.69 Å². The molecule has 4 aromatic rings. The second kappa shape index (κ2) is 12.9. The Kier molecular flexibility index (Phi) is 8.75. The zero-order valence-electron chi connectivity index (χ0n) is 25.5. The van der Waals surface area contributed by atoms with Crippen LogP contribution in [0.15, 0.2) is 77.7 Å². The minimum atomic E-state index is -4.07. The molecule has 46 heavy (non-hydrogen) atoms. The molecule has 6 rings (SSSR count). The molecule has 14 heteroatoms. The first kappa shape index (κ1) is 31.2. The van der Waals surface area contributed by atoms with Crippen molar-refractivity contribution in [3.8, 4) is 17.2 Å². The lowest BCUT2D eigenvalue weighted by Gasteiger charge is -2.39. The predicted octanol–water partition coefficient (Wildman–Crippen LogP) is 4.92. The molecule has 240 valence electrons. The van der Waals surface area contributed by atoms with Crippen molar-refractivity contribution in [3.63, 3.8) is 0 Å². The predicted molar refractivity (Wildman–Crippen MR) is 170 cm³/mol. The van der Waals surface area contributed by atoms with Gasteiger partial charge in [0.25, 0.3) is 5.69 Å². The molecular formula is C32H34N6O7S. The van der Waals surface area contributed by atoms with Gasteiger partial charge in [0.1, 0.15) is 17.2 Å². The van der Waals surface area contributed by atoms with Gasteiger partial charge in [-0.15, -0.1) is 0 Å². The third kappa shape index (κ3) is 6.06. The number of ether oxygens (including phenoxy) is 2. The third-order valence-electron chi connectivity index (χ3n) is 8.12. The van der Waals surface area contributed by atoms with E-state index in [1.807, 2.05) is 55.5 Å². The number of nitrogens with zero attached hydrogens (tertiary/aromatic N) is 5. The van der Waals surface area contributed by atoms with Crippen molar-refractivity contribution in [2.24, 2.45) is 0 Å². The summed E-state index contributed by atoms with van der Waals surface area (Å²) in [5.41, 5.74) is 2.83. The van der Waals surface area contributed by atoms with Crippen molar-refractivity contribution in [1.29, 1.82) is 0 Å². The number of piperazine rings is 1. The van der Waals surface area contributed by atoms with Crippen molar-refractivity contribution in [2.75, 3.05) is 44.6 Å². The number of anilines is 1. The van der Waals surface area contributed by atoms with Crippen LogP contribution < -0.4 is 10.1 Å². The number of rotatable bonds is 9. The Labute approximate surface area is 266 Å². The highest BCUT2D eigenvalue weighted by molar-refractivity contribution is 7.89. The quantitative estimate of drug-likeness (QED) is 0.151. The Morgan fingerprint density at radius 1 is 1.02 bits per heavy atom. The van der Waals surface area contributed by atoms with E-state index in [-0.39, 0.29) is 36.3 Å².